The van der Waals surface area contributed by atoms with Crippen LogP contribution in [0.2, 0.25) is 0 Å². The SMILES string of the molecule is COc1cc(NC(=O)CSc2nnc3c4sc(N(C)C)nc4ncn23)cc(OC)c1. The van der Waals surface area contributed by atoms with Crippen LogP contribution in [0.1, 0.15) is 0 Å². The van der Waals surface area contributed by atoms with Gasteiger partial charge in [0.25, 0.3) is 0 Å². The molecule has 3 aromatic heterocycles. The maximum absolute atomic E-state index is 12.4. The van der Waals surface area contributed by atoms with Gasteiger partial charge in [0.2, 0.25) is 5.91 Å². The Hall–Kier alpha value is -3.12. The molecule has 0 atom stereocenters. The molecule has 1 amide bonds. The summed E-state index contributed by atoms with van der Waals surface area (Å²) in [7, 11) is 6.97. The van der Waals surface area contributed by atoms with E-state index in [-0.39, 0.29) is 11.7 Å². The van der Waals surface area contributed by atoms with Crippen LogP contribution >= 0.6 is 23.1 Å². The number of hydrogen-bond acceptors (Lipinski definition) is 10. The molecule has 4 aromatic rings. The van der Waals surface area contributed by atoms with E-state index in [4.69, 9.17) is 9.47 Å². The summed E-state index contributed by atoms with van der Waals surface area (Å²) in [5, 5.41) is 12.7. The molecule has 0 unspecified atom stereocenters. The van der Waals surface area contributed by atoms with Crippen molar-refractivity contribution >= 4 is 55.8 Å². The number of fused-ring (bicyclic) bond motifs is 3. The smallest absolute Gasteiger partial charge is 0.234 e. The number of nitrogens with one attached hydrogen (secondary N) is 1. The Morgan fingerprint density at radius 1 is 1.20 bits per heavy atom. The van der Waals surface area contributed by atoms with Gasteiger partial charge in [0.15, 0.2) is 21.6 Å². The van der Waals surface area contributed by atoms with Gasteiger partial charge < -0.3 is 19.7 Å². The number of anilines is 2. The molecular formula is C18H19N7O3S2. The topological polar surface area (TPSA) is 107 Å². The number of aromatic nitrogens is 5. The Morgan fingerprint density at radius 3 is 2.60 bits per heavy atom. The number of thioether (sulfide) groups is 1. The largest absolute Gasteiger partial charge is 0.497 e. The van der Waals surface area contributed by atoms with E-state index in [9.17, 15) is 4.79 Å². The van der Waals surface area contributed by atoms with E-state index in [1.165, 1.54) is 23.1 Å². The van der Waals surface area contributed by atoms with E-state index >= 15 is 0 Å². The van der Waals surface area contributed by atoms with Gasteiger partial charge in [-0.25, -0.2) is 4.98 Å². The summed E-state index contributed by atoms with van der Waals surface area (Å²) in [4.78, 5) is 23.2. The Kier molecular flexibility index (Phi) is 5.59. The third-order valence-electron chi connectivity index (χ3n) is 4.11. The van der Waals surface area contributed by atoms with Crippen LogP contribution in [-0.4, -0.2) is 64.5 Å². The number of rotatable bonds is 7. The summed E-state index contributed by atoms with van der Waals surface area (Å²) in [5.74, 6) is 1.16. The van der Waals surface area contributed by atoms with E-state index in [0.29, 0.717) is 33.6 Å². The standard InChI is InChI=1S/C18H19N7O3S2/c1-24(2)17-21-15-14(30-17)16-22-23-18(25(16)9-19-15)29-8-13(26)20-10-5-11(27-3)7-12(6-10)28-4/h5-7,9H,8H2,1-4H3,(H,20,26). The number of ether oxygens (including phenoxy) is 2. The van der Waals surface area contributed by atoms with Gasteiger partial charge in [-0.3, -0.25) is 9.20 Å². The van der Waals surface area contributed by atoms with Crippen LogP contribution in [0, 0.1) is 0 Å². The average Bonchev–Trinajstić information content (AvgIpc) is 3.35. The minimum atomic E-state index is -0.186. The van der Waals surface area contributed by atoms with Crippen molar-refractivity contribution in [3.05, 3.63) is 24.5 Å². The quantitative estimate of drug-likeness (QED) is 0.429. The highest BCUT2D eigenvalue weighted by Gasteiger charge is 2.16. The second-order valence-electron chi connectivity index (χ2n) is 6.40. The highest BCUT2D eigenvalue weighted by atomic mass is 32.2. The van der Waals surface area contributed by atoms with E-state index in [1.54, 1.807) is 43.1 Å². The van der Waals surface area contributed by atoms with Crippen LogP contribution in [0.3, 0.4) is 0 Å². The molecule has 30 heavy (non-hydrogen) atoms. The Morgan fingerprint density at radius 2 is 1.93 bits per heavy atom. The molecule has 0 aliphatic carbocycles. The lowest BCUT2D eigenvalue weighted by Gasteiger charge is -2.09. The monoisotopic (exact) mass is 445 g/mol. The van der Waals surface area contributed by atoms with Gasteiger partial charge in [0.05, 0.1) is 20.0 Å². The van der Waals surface area contributed by atoms with Gasteiger partial charge in [-0.2, -0.15) is 4.98 Å². The summed E-state index contributed by atoms with van der Waals surface area (Å²) >= 11 is 2.77. The molecule has 1 aromatic carbocycles. The minimum Gasteiger partial charge on any atom is -0.497 e. The molecule has 0 saturated heterocycles. The van der Waals surface area contributed by atoms with Gasteiger partial charge >= 0.3 is 0 Å². The molecule has 0 spiro atoms. The fourth-order valence-corrected chi connectivity index (χ4v) is 4.30. The van der Waals surface area contributed by atoms with Crippen molar-refractivity contribution in [1.29, 1.82) is 0 Å². The number of benzene rings is 1. The fourth-order valence-electron chi connectivity index (χ4n) is 2.68. The van der Waals surface area contributed by atoms with E-state index in [0.717, 1.165) is 9.83 Å². The van der Waals surface area contributed by atoms with Crippen molar-refractivity contribution < 1.29 is 14.3 Å². The lowest BCUT2D eigenvalue weighted by atomic mass is 10.2. The summed E-state index contributed by atoms with van der Waals surface area (Å²) in [6.45, 7) is 0. The first kappa shape index (κ1) is 20.2. The van der Waals surface area contributed by atoms with Crippen LogP contribution in [0.25, 0.3) is 16.0 Å². The molecule has 10 nitrogen and oxygen atoms in total. The second-order valence-corrected chi connectivity index (χ2v) is 8.32. The highest BCUT2D eigenvalue weighted by molar-refractivity contribution is 7.99. The molecule has 12 heteroatoms. The predicted octanol–water partition coefficient (Wildman–Crippen LogP) is 2.55. The second kappa shape index (κ2) is 8.32. The summed E-state index contributed by atoms with van der Waals surface area (Å²) in [6, 6.07) is 5.19. The zero-order valence-corrected chi connectivity index (χ0v) is 18.4. The third-order valence-corrected chi connectivity index (χ3v) is 6.26. The number of thiazole rings is 1. The maximum atomic E-state index is 12.4. The molecule has 0 aliphatic rings. The van der Waals surface area contributed by atoms with Gasteiger partial charge in [0.1, 0.15) is 22.5 Å². The molecule has 4 rings (SSSR count). The summed E-state index contributed by atoms with van der Waals surface area (Å²) in [6.07, 6.45) is 1.63. The molecule has 156 valence electrons. The zero-order chi connectivity index (χ0) is 21.3. The molecule has 3 heterocycles. The van der Waals surface area contributed by atoms with Gasteiger partial charge in [-0.15, -0.1) is 10.2 Å². The van der Waals surface area contributed by atoms with Crippen molar-refractivity contribution in [3.63, 3.8) is 0 Å². The Bertz CT molecular complexity index is 1200. The first-order valence-electron chi connectivity index (χ1n) is 8.82. The van der Waals surface area contributed by atoms with Crippen LogP contribution in [0.15, 0.2) is 29.7 Å². The number of amides is 1. The first-order valence-corrected chi connectivity index (χ1v) is 10.6. The van der Waals surface area contributed by atoms with E-state index < -0.39 is 0 Å². The number of hydrogen-bond donors (Lipinski definition) is 1. The highest BCUT2D eigenvalue weighted by Crippen LogP contribution is 2.30. The molecule has 0 aliphatic heterocycles. The maximum Gasteiger partial charge on any atom is 0.234 e. The number of carbonyl (C=O) groups excluding carboxylic acids is 1. The van der Waals surface area contributed by atoms with Gasteiger partial charge in [-0.05, 0) is 0 Å². The van der Waals surface area contributed by atoms with Gasteiger partial charge in [-0.1, -0.05) is 23.1 Å². The number of nitrogens with zero attached hydrogens (tertiary/aromatic N) is 6. The number of carbonyl (C=O) groups is 1. The molecule has 0 saturated carbocycles. The normalized spacial score (nSPS) is 11.1. The van der Waals surface area contributed by atoms with Crippen LogP contribution in [0.4, 0.5) is 10.8 Å². The van der Waals surface area contributed by atoms with Crippen molar-refractivity contribution in [1.82, 2.24) is 24.6 Å². The van der Waals surface area contributed by atoms with Crippen molar-refractivity contribution in [2.45, 2.75) is 5.16 Å². The Labute approximate surface area is 180 Å². The van der Waals surface area contributed by atoms with Crippen molar-refractivity contribution in [2.75, 3.05) is 44.3 Å². The van der Waals surface area contributed by atoms with Crippen LogP contribution in [0.5, 0.6) is 11.5 Å². The van der Waals surface area contributed by atoms with Gasteiger partial charge in [0, 0.05) is 38.0 Å². The van der Waals surface area contributed by atoms with Crippen molar-refractivity contribution in [3.8, 4) is 11.5 Å². The fraction of sp³-hybridized carbons (Fsp3) is 0.278. The number of methoxy groups -OCH3 is 2. The summed E-state index contributed by atoms with van der Waals surface area (Å²) < 4.78 is 13.1. The molecule has 0 fully saturated rings. The molecule has 1 N–H and O–H groups in total. The summed E-state index contributed by atoms with van der Waals surface area (Å²) in [5.41, 5.74) is 1.89. The molecule has 0 bridgehead atoms. The third kappa shape index (κ3) is 3.96. The average molecular weight is 446 g/mol. The lowest BCUT2D eigenvalue weighted by molar-refractivity contribution is -0.113. The van der Waals surface area contributed by atoms with Crippen LogP contribution < -0.4 is 19.7 Å². The Balaban J connectivity index is 1.49. The van der Waals surface area contributed by atoms with E-state index in [1.807, 2.05) is 19.0 Å². The minimum absolute atomic E-state index is 0.157. The zero-order valence-electron chi connectivity index (χ0n) is 16.7. The van der Waals surface area contributed by atoms with E-state index in [2.05, 4.69) is 25.5 Å². The molecule has 0 radical (unpaired) electrons. The first-order chi connectivity index (χ1) is 14.5. The lowest BCUT2D eigenvalue weighted by Crippen LogP contribution is -2.14. The molecular weight excluding hydrogens is 426 g/mol. The predicted molar refractivity (Wildman–Crippen MR) is 117 cm³/mol. The van der Waals surface area contributed by atoms with Crippen molar-refractivity contribution in [2.24, 2.45) is 0 Å². The van der Waals surface area contributed by atoms with Crippen LogP contribution in [-0.2, 0) is 4.79 Å².